The molecular weight excluding hydrogens is 334 g/mol. The van der Waals surface area contributed by atoms with E-state index in [0.29, 0.717) is 0 Å². The molecule has 0 amide bonds. The fraction of sp³-hybridized carbons (Fsp3) is 0.133. The predicted octanol–water partition coefficient (Wildman–Crippen LogP) is 0.761. The largest absolute Gasteiger partial charge is 0.480 e. The molecule has 0 bridgehead atoms. The van der Waals surface area contributed by atoms with Crippen molar-refractivity contribution >= 4 is 20.7 Å². The number of rotatable bonds is 3. The van der Waals surface area contributed by atoms with E-state index in [2.05, 4.69) is 9.97 Å². The number of aryl methyl sites for hydroxylation is 1. The van der Waals surface area contributed by atoms with Gasteiger partial charge in [-0.05, 0) is 24.6 Å². The Bertz CT molecular complexity index is 1160. The van der Waals surface area contributed by atoms with Crippen molar-refractivity contribution in [3.05, 3.63) is 56.9 Å². The Kier molecular flexibility index (Phi) is 3.72. The molecule has 0 unspecified atom stereocenters. The average Bonchev–Trinajstić information content (AvgIpc) is 2.53. The van der Waals surface area contributed by atoms with Gasteiger partial charge in [-0.15, -0.1) is 0 Å². The lowest BCUT2D eigenvalue weighted by Gasteiger charge is -2.10. The third-order valence-electron chi connectivity index (χ3n) is 3.48. The Morgan fingerprint density at radius 1 is 1.17 bits per heavy atom. The summed E-state index contributed by atoms with van der Waals surface area (Å²) in [5, 5.41) is -0.133. The number of nitrogens with zero attached hydrogens (tertiary/aromatic N) is 1. The Labute approximate surface area is 136 Å². The van der Waals surface area contributed by atoms with Crippen LogP contribution in [0.3, 0.4) is 0 Å². The van der Waals surface area contributed by atoms with E-state index in [4.69, 9.17) is 4.74 Å². The topological polar surface area (TPSA) is 122 Å². The molecular formula is C15H13N3O5S. The molecule has 0 radical (unpaired) electrons. The summed E-state index contributed by atoms with van der Waals surface area (Å²) >= 11 is 0. The van der Waals surface area contributed by atoms with Crippen LogP contribution in [0.25, 0.3) is 10.9 Å². The number of hydrogen-bond acceptors (Lipinski definition) is 6. The van der Waals surface area contributed by atoms with Crippen molar-refractivity contribution in [1.82, 2.24) is 15.0 Å². The van der Waals surface area contributed by atoms with Crippen LogP contribution in [0.2, 0.25) is 0 Å². The lowest BCUT2D eigenvalue weighted by molar-refractivity contribution is 0.402. The Hall–Kier alpha value is -2.94. The molecule has 3 aromatic rings. The molecule has 24 heavy (non-hydrogen) atoms. The number of sulfone groups is 1. The maximum Gasteiger partial charge on any atom is 0.326 e. The Morgan fingerprint density at radius 2 is 1.92 bits per heavy atom. The summed E-state index contributed by atoms with van der Waals surface area (Å²) in [5.74, 6) is -0.0781. The highest BCUT2D eigenvalue weighted by Gasteiger charge is 2.24. The van der Waals surface area contributed by atoms with Gasteiger partial charge in [0.2, 0.25) is 15.7 Å². The van der Waals surface area contributed by atoms with Gasteiger partial charge in [0.1, 0.15) is 10.3 Å². The van der Waals surface area contributed by atoms with Crippen molar-refractivity contribution in [2.45, 2.75) is 16.7 Å². The second kappa shape index (κ2) is 5.60. The molecule has 2 N–H and O–H groups in total. The zero-order valence-corrected chi connectivity index (χ0v) is 13.6. The van der Waals surface area contributed by atoms with Crippen LogP contribution in [0.1, 0.15) is 5.56 Å². The number of hydrogen-bond donors (Lipinski definition) is 2. The van der Waals surface area contributed by atoms with E-state index >= 15 is 0 Å². The molecule has 0 saturated carbocycles. The van der Waals surface area contributed by atoms with Gasteiger partial charge in [0.05, 0.1) is 23.7 Å². The van der Waals surface area contributed by atoms with Crippen molar-refractivity contribution in [3.8, 4) is 5.88 Å². The molecule has 2 aromatic heterocycles. The number of aromatic nitrogens is 3. The van der Waals surface area contributed by atoms with Gasteiger partial charge in [-0.2, -0.15) is 0 Å². The fourth-order valence-electron chi connectivity index (χ4n) is 2.39. The molecule has 0 saturated heterocycles. The number of benzene rings is 1. The monoisotopic (exact) mass is 347 g/mol. The normalized spacial score (nSPS) is 11.6. The van der Waals surface area contributed by atoms with E-state index in [1.54, 1.807) is 19.1 Å². The van der Waals surface area contributed by atoms with Crippen LogP contribution in [0.4, 0.5) is 0 Å². The van der Waals surface area contributed by atoms with E-state index in [1.807, 2.05) is 4.98 Å². The molecule has 0 aliphatic heterocycles. The number of fused-ring (bicyclic) bond motifs is 1. The molecule has 1 aromatic carbocycles. The van der Waals surface area contributed by atoms with E-state index in [0.717, 1.165) is 11.8 Å². The molecule has 2 heterocycles. The van der Waals surface area contributed by atoms with Gasteiger partial charge in [-0.25, -0.2) is 18.2 Å². The van der Waals surface area contributed by atoms with Crippen LogP contribution in [0.15, 0.2) is 49.8 Å². The Morgan fingerprint density at radius 3 is 2.58 bits per heavy atom. The number of ether oxygens (including phenoxy) is 1. The molecule has 9 heteroatoms. The molecule has 8 nitrogen and oxygen atoms in total. The first-order chi connectivity index (χ1) is 11.3. The van der Waals surface area contributed by atoms with Crippen LogP contribution in [0.5, 0.6) is 5.88 Å². The number of aromatic amines is 2. The highest BCUT2D eigenvalue weighted by atomic mass is 32.2. The average molecular weight is 347 g/mol. The van der Waals surface area contributed by atoms with E-state index in [-0.39, 0.29) is 26.6 Å². The van der Waals surface area contributed by atoms with Gasteiger partial charge >= 0.3 is 5.69 Å². The molecule has 0 atom stereocenters. The predicted molar refractivity (Wildman–Crippen MR) is 86.2 cm³/mol. The van der Waals surface area contributed by atoms with Gasteiger partial charge in [0.15, 0.2) is 0 Å². The van der Waals surface area contributed by atoms with Gasteiger partial charge in [0, 0.05) is 0 Å². The molecule has 0 aliphatic carbocycles. The first kappa shape index (κ1) is 15.9. The number of nitrogens with one attached hydrogen (secondary N) is 2. The van der Waals surface area contributed by atoms with Crippen molar-refractivity contribution in [1.29, 1.82) is 0 Å². The van der Waals surface area contributed by atoms with Gasteiger partial charge in [-0.3, -0.25) is 9.78 Å². The lowest BCUT2D eigenvalue weighted by atomic mass is 10.2. The van der Waals surface area contributed by atoms with Gasteiger partial charge < -0.3 is 9.72 Å². The maximum absolute atomic E-state index is 12.9. The first-order valence-electron chi connectivity index (χ1n) is 6.85. The summed E-state index contributed by atoms with van der Waals surface area (Å²) < 4.78 is 30.8. The summed E-state index contributed by atoms with van der Waals surface area (Å²) in [6, 6.07) is 6.30. The smallest absolute Gasteiger partial charge is 0.326 e. The third kappa shape index (κ3) is 2.48. The van der Waals surface area contributed by atoms with Crippen molar-refractivity contribution in [2.24, 2.45) is 0 Å². The first-order valence-corrected chi connectivity index (χ1v) is 8.34. The van der Waals surface area contributed by atoms with Crippen molar-refractivity contribution < 1.29 is 13.2 Å². The highest BCUT2D eigenvalue weighted by Crippen LogP contribution is 2.28. The molecule has 124 valence electrons. The maximum atomic E-state index is 12.9. The van der Waals surface area contributed by atoms with Crippen LogP contribution in [-0.4, -0.2) is 30.5 Å². The van der Waals surface area contributed by atoms with E-state index in [1.165, 1.54) is 19.2 Å². The van der Waals surface area contributed by atoms with Crippen molar-refractivity contribution in [3.63, 3.8) is 0 Å². The number of pyridine rings is 1. The van der Waals surface area contributed by atoms with E-state index in [9.17, 15) is 18.0 Å². The van der Waals surface area contributed by atoms with Crippen LogP contribution in [0, 0.1) is 6.92 Å². The van der Waals surface area contributed by atoms with Crippen LogP contribution < -0.4 is 16.0 Å². The summed E-state index contributed by atoms with van der Waals surface area (Å²) in [7, 11) is -2.69. The zero-order valence-electron chi connectivity index (χ0n) is 12.8. The second-order valence-electron chi connectivity index (χ2n) is 5.11. The summed E-state index contributed by atoms with van der Waals surface area (Å²) in [5.41, 5.74) is -0.980. The standard InChI is InChI=1S/C15H13N3O5S/c1-8-4-3-5-9(6-8)24(21,22)10-7-16-14(23-2)11-12(10)17-15(20)18-13(11)19/h3-7H,1-2H3,(H2,17,18,19,20). The number of methoxy groups -OCH3 is 1. The zero-order chi connectivity index (χ0) is 17.5. The molecule has 0 spiro atoms. The third-order valence-corrected chi connectivity index (χ3v) is 5.25. The van der Waals surface area contributed by atoms with Gasteiger partial charge in [-0.1, -0.05) is 12.1 Å². The fourth-order valence-corrected chi connectivity index (χ4v) is 3.86. The number of H-pyrrole nitrogens is 2. The van der Waals surface area contributed by atoms with Gasteiger partial charge in [0.25, 0.3) is 5.56 Å². The highest BCUT2D eigenvalue weighted by molar-refractivity contribution is 7.91. The summed E-state index contributed by atoms with van der Waals surface area (Å²) in [4.78, 5) is 31.7. The SMILES string of the molecule is COc1ncc(S(=O)(=O)c2cccc(C)c2)c2[nH]c(=O)[nH]c(=O)c12. The lowest BCUT2D eigenvalue weighted by Crippen LogP contribution is -2.24. The minimum atomic E-state index is -3.99. The van der Waals surface area contributed by atoms with E-state index < -0.39 is 21.1 Å². The molecule has 0 fully saturated rings. The molecule has 3 rings (SSSR count). The molecule has 0 aliphatic rings. The quantitative estimate of drug-likeness (QED) is 0.721. The van der Waals surface area contributed by atoms with Crippen LogP contribution in [-0.2, 0) is 9.84 Å². The second-order valence-corrected chi connectivity index (χ2v) is 7.03. The Balaban J connectivity index is 2.43. The van der Waals surface area contributed by atoms with Crippen molar-refractivity contribution in [2.75, 3.05) is 7.11 Å². The summed E-state index contributed by atoms with van der Waals surface area (Å²) in [6.07, 6.45) is 1.06. The van der Waals surface area contributed by atoms with Crippen LogP contribution >= 0.6 is 0 Å². The minimum absolute atomic E-state index is 0.0388. The summed E-state index contributed by atoms with van der Waals surface area (Å²) in [6.45, 7) is 1.76. The minimum Gasteiger partial charge on any atom is -0.480 e.